The van der Waals surface area contributed by atoms with E-state index in [1.54, 1.807) is 0 Å². The first-order chi connectivity index (χ1) is 8.95. The van der Waals surface area contributed by atoms with Crippen LogP contribution in [-0.4, -0.2) is 24.5 Å². The van der Waals surface area contributed by atoms with Gasteiger partial charge in [-0.05, 0) is 24.8 Å². The first-order valence-electron chi connectivity index (χ1n) is 5.80. The van der Waals surface area contributed by atoms with Gasteiger partial charge in [0, 0.05) is 0 Å². The van der Waals surface area contributed by atoms with Crippen LogP contribution in [0.5, 0.6) is 0 Å². The number of nitrogens with one attached hydrogen (secondary N) is 1. The Morgan fingerprint density at radius 1 is 1.37 bits per heavy atom. The van der Waals surface area contributed by atoms with Gasteiger partial charge in [-0.15, -0.1) is 10.2 Å². The van der Waals surface area contributed by atoms with Crippen LogP contribution in [0.2, 0.25) is 0 Å². The van der Waals surface area contributed by atoms with Crippen molar-refractivity contribution < 1.29 is 13.2 Å². The zero-order chi connectivity index (χ0) is 13.9. The van der Waals surface area contributed by atoms with Crippen LogP contribution in [0, 0.1) is 5.92 Å². The van der Waals surface area contributed by atoms with Gasteiger partial charge in [0.05, 0.1) is 0 Å². The summed E-state index contributed by atoms with van der Waals surface area (Å²) in [7, 11) is -3.87. The highest BCUT2D eigenvalue weighted by Crippen LogP contribution is 2.25. The van der Waals surface area contributed by atoms with Crippen molar-refractivity contribution in [3.05, 3.63) is 12.2 Å². The molecule has 0 radical (unpaired) electrons. The number of carbonyl (C=O) groups excluding carboxylic acids is 1. The number of nitrogens with two attached hydrogens (primary N) is 1. The highest BCUT2D eigenvalue weighted by molar-refractivity contribution is 7.91. The van der Waals surface area contributed by atoms with E-state index in [-0.39, 0.29) is 15.4 Å². The molecular formula is C10H14N4O3S2. The lowest BCUT2D eigenvalue weighted by Crippen LogP contribution is -2.11. The van der Waals surface area contributed by atoms with E-state index in [4.69, 9.17) is 5.14 Å². The summed E-state index contributed by atoms with van der Waals surface area (Å²) in [4.78, 5) is 11.6. The molecule has 7 nitrogen and oxygen atoms in total. The Hall–Kier alpha value is -1.32. The Kier molecular flexibility index (Phi) is 4.27. The van der Waals surface area contributed by atoms with E-state index in [0.29, 0.717) is 5.92 Å². The van der Waals surface area contributed by atoms with Crippen LogP contribution in [0.15, 0.2) is 16.5 Å². The van der Waals surface area contributed by atoms with Gasteiger partial charge in [-0.25, -0.2) is 13.6 Å². The quantitative estimate of drug-likeness (QED) is 0.632. The minimum Gasteiger partial charge on any atom is -0.297 e. The van der Waals surface area contributed by atoms with Gasteiger partial charge < -0.3 is 0 Å². The molecule has 1 amide bonds. The van der Waals surface area contributed by atoms with Crippen molar-refractivity contribution in [1.29, 1.82) is 0 Å². The Morgan fingerprint density at radius 3 is 2.63 bits per heavy atom. The maximum Gasteiger partial charge on any atom is 0.267 e. The molecule has 0 atom stereocenters. The number of rotatable bonds is 4. The summed E-state index contributed by atoms with van der Waals surface area (Å²) in [6.45, 7) is 0. The predicted molar refractivity (Wildman–Crippen MR) is 71.0 cm³/mol. The van der Waals surface area contributed by atoms with Gasteiger partial charge in [0.2, 0.25) is 15.4 Å². The number of allylic oxidation sites excluding steroid dienone is 1. The molecule has 1 fully saturated rings. The van der Waals surface area contributed by atoms with Crippen LogP contribution in [0.25, 0.3) is 0 Å². The van der Waals surface area contributed by atoms with E-state index in [9.17, 15) is 13.2 Å². The molecule has 0 saturated heterocycles. The highest BCUT2D eigenvalue weighted by Gasteiger charge is 2.16. The Bertz CT molecular complexity index is 588. The number of anilines is 1. The number of nitrogens with zero attached hydrogens (tertiary/aromatic N) is 2. The van der Waals surface area contributed by atoms with Gasteiger partial charge in [0.1, 0.15) is 0 Å². The number of amides is 1. The average molecular weight is 302 g/mol. The second kappa shape index (κ2) is 5.76. The van der Waals surface area contributed by atoms with Crippen molar-refractivity contribution in [3.63, 3.8) is 0 Å². The number of primary sulfonamides is 1. The molecule has 1 saturated carbocycles. The Balaban J connectivity index is 1.93. The fourth-order valence-electron chi connectivity index (χ4n) is 1.90. The van der Waals surface area contributed by atoms with Crippen LogP contribution in [0.4, 0.5) is 5.13 Å². The average Bonchev–Trinajstić information content (AvgIpc) is 2.95. The molecule has 9 heteroatoms. The summed E-state index contributed by atoms with van der Waals surface area (Å²) in [6, 6.07) is 0. The highest BCUT2D eigenvalue weighted by atomic mass is 32.2. The molecule has 0 bridgehead atoms. The third-order valence-corrected chi connectivity index (χ3v) is 4.95. The molecule has 104 valence electrons. The molecule has 3 N–H and O–H groups in total. The van der Waals surface area contributed by atoms with Crippen molar-refractivity contribution in [2.45, 2.75) is 30.0 Å². The lowest BCUT2D eigenvalue weighted by atomic mass is 10.1. The summed E-state index contributed by atoms with van der Waals surface area (Å²) in [5, 5.41) is 14.4. The minimum atomic E-state index is -3.87. The zero-order valence-corrected chi connectivity index (χ0v) is 11.7. The van der Waals surface area contributed by atoms with E-state index >= 15 is 0 Å². The maximum atomic E-state index is 11.6. The molecular weight excluding hydrogens is 288 g/mol. The standard InChI is InChI=1S/C10H14N4O3S2/c11-19(16,17)10-14-13-9(18-10)12-8(15)6-5-7-3-1-2-4-7/h5-7H,1-4H2,(H2,11,16,17)(H,12,13,15)/b6-5+. The van der Waals surface area contributed by atoms with Gasteiger partial charge in [0.25, 0.3) is 10.0 Å². The molecule has 1 aliphatic rings. The third-order valence-electron chi connectivity index (χ3n) is 2.80. The number of aromatic nitrogens is 2. The fourth-order valence-corrected chi connectivity index (χ4v) is 3.23. The molecule has 1 heterocycles. The van der Waals surface area contributed by atoms with Crippen molar-refractivity contribution in [1.82, 2.24) is 10.2 Å². The molecule has 1 aromatic rings. The summed E-state index contributed by atoms with van der Waals surface area (Å²) < 4.78 is 21.7. The lowest BCUT2D eigenvalue weighted by molar-refractivity contribution is -0.111. The topological polar surface area (TPSA) is 115 Å². The number of hydrogen-bond acceptors (Lipinski definition) is 6. The first-order valence-corrected chi connectivity index (χ1v) is 8.17. The monoisotopic (exact) mass is 302 g/mol. The minimum absolute atomic E-state index is 0.116. The predicted octanol–water partition coefficient (Wildman–Crippen LogP) is 0.870. The lowest BCUT2D eigenvalue weighted by Gasteiger charge is -1.99. The second-order valence-corrected chi connectivity index (χ2v) is 7.02. The molecule has 2 rings (SSSR count). The summed E-state index contributed by atoms with van der Waals surface area (Å²) in [6.07, 6.45) is 7.95. The SMILES string of the molecule is NS(=O)(=O)c1nnc(NC(=O)/C=C/C2CCCC2)s1. The van der Waals surface area contributed by atoms with E-state index < -0.39 is 10.0 Å². The molecule has 1 aromatic heterocycles. The van der Waals surface area contributed by atoms with Crippen LogP contribution in [0.1, 0.15) is 25.7 Å². The number of hydrogen-bond donors (Lipinski definition) is 2. The van der Waals surface area contributed by atoms with Crippen molar-refractivity contribution in [2.75, 3.05) is 5.32 Å². The Morgan fingerprint density at radius 2 is 2.05 bits per heavy atom. The van der Waals surface area contributed by atoms with Crippen LogP contribution in [-0.2, 0) is 14.8 Å². The third kappa shape index (κ3) is 4.08. The summed E-state index contributed by atoms with van der Waals surface area (Å²) >= 11 is 0.725. The van der Waals surface area contributed by atoms with Gasteiger partial charge in [0.15, 0.2) is 0 Å². The molecule has 0 aromatic carbocycles. The van der Waals surface area contributed by atoms with Gasteiger partial charge in [-0.3, -0.25) is 10.1 Å². The summed E-state index contributed by atoms with van der Waals surface area (Å²) in [5.41, 5.74) is 0. The van der Waals surface area contributed by atoms with E-state index in [1.165, 1.54) is 18.9 Å². The van der Waals surface area contributed by atoms with E-state index in [2.05, 4.69) is 15.5 Å². The first kappa shape index (κ1) is 14.1. The van der Waals surface area contributed by atoms with Crippen molar-refractivity contribution in [3.8, 4) is 0 Å². The van der Waals surface area contributed by atoms with Gasteiger partial charge in [-0.1, -0.05) is 30.3 Å². The van der Waals surface area contributed by atoms with E-state index in [1.807, 2.05) is 6.08 Å². The normalized spacial score (nSPS) is 17.1. The van der Waals surface area contributed by atoms with E-state index in [0.717, 1.165) is 24.2 Å². The number of carbonyl (C=O) groups is 1. The molecule has 0 unspecified atom stereocenters. The summed E-state index contributed by atoms with van der Waals surface area (Å²) in [5.74, 6) is 0.115. The fraction of sp³-hybridized carbons (Fsp3) is 0.500. The zero-order valence-electron chi connectivity index (χ0n) is 10.1. The smallest absolute Gasteiger partial charge is 0.267 e. The molecule has 1 aliphatic carbocycles. The van der Waals surface area contributed by atoms with Crippen LogP contribution < -0.4 is 10.5 Å². The van der Waals surface area contributed by atoms with Crippen LogP contribution in [0.3, 0.4) is 0 Å². The number of sulfonamides is 1. The second-order valence-electron chi connectivity index (χ2n) is 4.31. The molecule has 0 aliphatic heterocycles. The molecule has 19 heavy (non-hydrogen) atoms. The largest absolute Gasteiger partial charge is 0.297 e. The van der Waals surface area contributed by atoms with Gasteiger partial charge >= 0.3 is 0 Å². The van der Waals surface area contributed by atoms with Crippen LogP contribution >= 0.6 is 11.3 Å². The Labute approximate surface area is 115 Å². The van der Waals surface area contributed by atoms with Gasteiger partial charge in [-0.2, -0.15) is 0 Å². The maximum absolute atomic E-state index is 11.6. The molecule has 0 spiro atoms. The van der Waals surface area contributed by atoms with Crippen molar-refractivity contribution >= 4 is 32.4 Å². The van der Waals surface area contributed by atoms with Crippen molar-refractivity contribution in [2.24, 2.45) is 11.1 Å².